The molecule has 0 saturated carbocycles. The SMILES string of the molecule is CCC(F)(CN)Cc1nc(C(C)(C)C)cs1. The number of hydrogen-bond acceptors (Lipinski definition) is 3. The zero-order valence-corrected chi connectivity index (χ0v) is 11.3. The molecule has 1 unspecified atom stereocenters. The molecule has 1 heterocycles. The van der Waals surface area contributed by atoms with Gasteiger partial charge in [0.15, 0.2) is 0 Å². The lowest BCUT2D eigenvalue weighted by molar-refractivity contribution is 0.167. The van der Waals surface area contributed by atoms with Crippen molar-refractivity contribution in [1.29, 1.82) is 0 Å². The Balaban J connectivity index is 2.80. The Morgan fingerprint density at radius 3 is 2.44 bits per heavy atom. The van der Waals surface area contributed by atoms with E-state index in [9.17, 15) is 4.39 Å². The molecule has 1 aromatic heterocycles. The van der Waals surface area contributed by atoms with Crippen molar-refractivity contribution in [1.82, 2.24) is 4.98 Å². The van der Waals surface area contributed by atoms with Crippen LogP contribution in [-0.4, -0.2) is 17.2 Å². The van der Waals surface area contributed by atoms with Crippen LogP contribution in [0, 0.1) is 0 Å². The van der Waals surface area contributed by atoms with Crippen LogP contribution >= 0.6 is 11.3 Å². The van der Waals surface area contributed by atoms with E-state index in [0.717, 1.165) is 10.7 Å². The van der Waals surface area contributed by atoms with Crippen molar-refractivity contribution in [3.63, 3.8) is 0 Å². The first-order chi connectivity index (χ1) is 7.30. The van der Waals surface area contributed by atoms with Gasteiger partial charge in [-0.2, -0.15) is 0 Å². The van der Waals surface area contributed by atoms with E-state index in [1.807, 2.05) is 12.3 Å². The number of nitrogens with zero attached hydrogens (tertiary/aromatic N) is 1. The fourth-order valence-electron chi connectivity index (χ4n) is 1.35. The summed E-state index contributed by atoms with van der Waals surface area (Å²) >= 11 is 1.53. The average molecular weight is 244 g/mol. The van der Waals surface area contributed by atoms with Crippen LogP contribution < -0.4 is 5.73 Å². The van der Waals surface area contributed by atoms with Crippen LogP contribution in [0.5, 0.6) is 0 Å². The predicted octanol–water partition coefficient (Wildman–Crippen LogP) is 3.06. The summed E-state index contributed by atoms with van der Waals surface area (Å²) in [4.78, 5) is 4.49. The van der Waals surface area contributed by atoms with E-state index in [0.29, 0.717) is 12.8 Å². The summed E-state index contributed by atoms with van der Waals surface area (Å²) in [5, 5.41) is 2.86. The topological polar surface area (TPSA) is 38.9 Å². The molecule has 0 bridgehead atoms. The molecule has 0 spiro atoms. The van der Waals surface area contributed by atoms with Crippen molar-refractivity contribution in [3.05, 3.63) is 16.1 Å². The maximum atomic E-state index is 14.1. The minimum atomic E-state index is -1.30. The molecule has 92 valence electrons. The molecule has 2 N–H and O–H groups in total. The monoisotopic (exact) mass is 244 g/mol. The minimum absolute atomic E-state index is 0.0304. The quantitative estimate of drug-likeness (QED) is 0.884. The van der Waals surface area contributed by atoms with Gasteiger partial charge in [-0.05, 0) is 6.42 Å². The predicted molar refractivity (Wildman–Crippen MR) is 67.7 cm³/mol. The first-order valence-electron chi connectivity index (χ1n) is 5.64. The van der Waals surface area contributed by atoms with Crippen molar-refractivity contribution < 1.29 is 4.39 Å². The molecule has 0 radical (unpaired) electrons. The molecule has 4 heteroatoms. The summed E-state index contributed by atoms with van der Waals surface area (Å²) in [5.74, 6) is 0. The van der Waals surface area contributed by atoms with Crippen LogP contribution in [0.2, 0.25) is 0 Å². The zero-order chi connectivity index (χ0) is 12.4. The number of aromatic nitrogens is 1. The maximum Gasteiger partial charge on any atom is 0.129 e. The van der Waals surface area contributed by atoms with E-state index in [-0.39, 0.29) is 12.0 Å². The Labute approximate surface area is 101 Å². The third kappa shape index (κ3) is 3.25. The van der Waals surface area contributed by atoms with Crippen molar-refractivity contribution in [2.75, 3.05) is 6.54 Å². The van der Waals surface area contributed by atoms with Gasteiger partial charge in [-0.25, -0.2) is 9.37 Å². The van der Waals surface area contributed by atoms with Crippen LogP contribution in [0.1, 0.15) is 44.8 Å². The van der Waals surface area contributed by atoms with Gasteiger partial charge < -0.3 is 5.73 Å². The summed E-state index contributed by atoms with van der Waals surface area (Å²) in [6.45, 7) is 8.21. The summed E-state index contributed by atoms with van der Waals surface area (Å²) in [6, 6.07) is 0. The highest BCUT2D eigenvalue weighted by atomic mass is 32.1. The molecule has 0 fully saturated rings. The smallest absolute Gasteiger partial charge is 0.129 e. The summed E-state index contributed by atoms with van der Waals surface area (Å²) in [6.07, 6.45) is 0.772. The van der Waals surface area contributed by atoms with Gasteiger partial charge in [0.25, 0.3) is 0 Å². The zero-order valence-electron chi connectivity index (χ0n) is 10.5. The van der Waals surface area contributed by atoms with E-state index in [1.165, 1.54) is 11.3 Å². The van der Waals surface area contributed by atoms with E-state index in [1.54, 1.807) is 0 Å². The Morgan fingerprint density at radius 1 is 1.44 bits per heavy atom. The van der Waals surface area contributed by atoms with Gasteiger partial charge in [-0.15, -0.1) is 11.3 Å². The van der Waals surface area contributed by atoms with Crippen molar-refractivity contribution >= 4 is 11.3 Å². The van der Waals surface area contributed by atoms with Gasteiger partial charge in [-0.1, -0.05) is 27.7 Å². The third-order valence-corrected chi connectivity index (χ3v) is 3.64. The van der Waals surface area contributed by atoms with Gasteiger partial charge in [0.2, 0.25) is 0 Å². The second-order valence-electron chi connectivity index (χ2n) is 5.26. The highest BCUT2D eigenvalue weighted by molar-refractivity contribution is 7.09. The molecule has 1 atom stereocenters. The van der Waals surface area contributed by atoms with Crippen LogP contribution in [0.3, 0.4) is 0 Å². The molecule has 0 saturated heterocycles. The summed E-state index contributed by atoms with van der Waals surface area (Å²) in [7, 11) is 0. The molecule has 1 aromatic rings. The first kappa shape index (κ1) is 13.6. The van der Waals surface area contributed by atoms with Crippen LogP contribution in [0.15, 0.2) is 5.38 Å². The number of alkyl halides is 1. The number of nitrogens with two attached hydrogens (primary N) is 1. The second-order valence-corrected chi connectivity index (χ2v) is 6.20. The van der Waals surface area contributed by atoms with Gasteiger partial charge in [-0.3, -0.25) is 0 Å². The molecule has 0 aromatic carbocycles. The van der Waals surface area contributed by atoms with E-state index >= 15 is 0 Å². The number of thiazole rings is 1. The number of halogens is 1. The maximum absolute atomic E-state index is 14.1. The van der Waals surface area contributed by atoms with E-state index < -0.39 is 5.67 Å². The van der Waals surface area contributed by atoms with Crippen LogP contribution in [0.25, 0.3) is 0 Å². The lowest BCUT2D eigenvalue weighted by Crippen LogP contribution is -2.34. The highest BCUT2D eigenvalue weighted by Crippen LogP contribution is 2.27. The molecule has 16 heavy (non-hydrogen) atoms. The molecule has 0 aliphatic carbocycles. The Morgan fingerprint density at radius 2 is 2.06 bits per heavy atom. The van der Waals surface area contributed by atoms with Gasteiger partial charge in [0, 0.05) is 23.8 Å². The Hall–Kier alpha value is -0.480. The molecule has 0 aliphatic heterocycles. The highest BCUT2D eigenvalue weighted by Gasteiger charge is 2.28. The van der Waals surface area contributed by atoms with E-state index in [4.69, 9.17) is 5.73 Å². The Bertz CT molecular complexity index is 337. The second kappa shape index (κ2) is 4.80. The Kier molecular flexibility index (Phi) is 4.07. The molecular formula is C12H21FN2S. The molecule has 1 rings (SSSR count). The fourth-order valence-corrected chi connectivity index (χ4v) is 2.50. The summed E-state index contributed by atoms with van der Waals surface area (Å²) < 4.78 is 14.1. The van der Waals surface area contributed by atoms with Gasteiger partial charge in [0.05, 0.1) is 10.7 Å². The van der Waals surface area contributed by atoms with Crippen molar-refractivity contribution in [2.24, 2.45) is 5.73 Å². The lowest BCUT2D eigenvalue weighted by Gasteiger charge is -2.20. The number of rotatable bonds is 4. The van der Waals surface area contributed by atoms with Crippen LogP contribution in [0.4, 0.5) is 4.39 Å². The van der Waals surface area contributed by atoms with Gasteiger partial charge in [0.1, 0.15) is 5.67 Å². The molecule has 2 nitrogen and oxygen atoms in total. The minimum Gasteiger partial charge on any atom is -0.328 e. The standard InChI is InChI=1S/C12H21FN2S/c1-5-12(13,8-14)6-10-15-9(7-16-10)11(2,3)4/h7H,5-6,8,14H2,1-4H3. The normalized spacial score (nSPS) is 16.1. The van der Waals surface area contributed by atoms with Crippen molar-refractivity contribution in [2.45, 2.75) is 51.6 Å². The third-order valence-electron chi connectivity index (χ3n) is 2.79. The van der Waals surface area contributed by atoms with Gasteiger partial charge >= 0.3 is 0 Å². The molecule has 0 aliphatic rings. The molecule has 0 amide bonds. The largest absolute Gasteiger partial charge is 0.328 e. The fraction of sp³-hybridized carbons (Fsp3) is 0.750. The van der Waals surface area contributed by atoms with Crippen molar-refractivity contribution in [3.8, 4) is 0 Å². The number of hydrogen-bond donors (Lipinski definition) is 1. The summed E-state index contributed by atoms with van der Waals surface area (Å²) in [5.41, 5.74) is 5.22. The van der Waals surface area contributed by atoms with E-state index in [2.05, 4.69) is 25.8 Å². The average Bonchev–Trinajstić information content (AvgIpc) is 2.65. The molecular weight excluding hydrogens is 223 g/mol. The van der Waals surface area contributed by atoms with Crippen LogP contribution in [-0.2, 0) is 11.8 Å². The first-order valence-corrected chi connectivity index (χ1v) is 6.52. The lowest BCUT2D eigenvalue weighted by atomic mass is 9.93.